The molecule has 0 aliphatic heterocycles. The minimum absolute atomic E-state index is 0. The van der Waals surface area contributed by atoms with Gasteiger partial charge in [0.2, 0.25) is 5.91 Å². The zero-order valence-corrected chi connectivity index (χ0v) is 13.6. The van der Waals surface area contributed by atoms with Crippen LogP contribution in [0.5, 0.6) is 0 Å². The Labute approximate surface area is 134 Å². The Morgan fingerprint density at radius 2 is 1.81 bits per heavy atom. The second-order valence-electron chi connectivity index (χ2n) is 7.04. The monoisotopic (exact) mass is 316 g/mol. The zero-order chi connectivity index (χ0) is 13.9. The van der Waals surface area contributed by atoms with Crippen molar-refractivity contribution in [2.75, 3.05) is 13.2 Å². The van der Waals surface area contributed by atoms with Crippen LogP contribution < -0.4 is 11.1 Å². The molecule has 3 aliphatic rings. The Morgan fingerprint density at radius 3 is 2.43 bits per heavy atom. The third-order valence-corrected chi connectivity index (χ3v) is 5.23. The summed E-state index contributed by atoms with van der Waals surface area (Å²) in [6.07, 6.45) is 9.04. The molecule has 0 radical (unpaired) electrons. The summed E-state index contributed by atoms with van der Waals surface area (Å²) in [5.74, 6) is 2.15. The molecule has 21 heavy (non-hydrogen) atoms. The normalized spacial score (nSPS) is 34.9. The fourth-order valence-corrected chi connectivity index (χ4v) is 3.98. The van der Waals surface area contributed by atoms with Crippen LogP contribution in [0.4, 0.5) is 0 Å². The summed E-state index contributed by atoms with van der Waals surface area (Å²) in [5, 5.41) is 3.27. The minimum atomic E-state index is 0. The number of carbonyl (C=O) groups excluding carboxylic acids is 1. The highest BCUT2D eigenvalue weighted by Gasteiger charge is 2.39. The topological polar surface area (TPSA) is 64.3 Å². The van der Waals surface area contributed by atoms with Crippen LogP contribution in [-0.4, -0.2) is 31.2 Å². The molecule has 3 aliphatic carbocycles. The number of carbonyl (C=O) groups is 1. The lowest BCUT2D eigenvalue weighted by Crippen LogP contribution is -2.53. The fraction of sp³-hybridized carbons (Fsp3) is 0.938. The van der Waals surface area contributed by atoms with E-state index in [0.717, 1.165) is 25.4 Å². The Morgan fingerprint density at radius 1 is 1.14 bits per heavy atom. The molecule has 0 saturated heterocycles. The number of nitrogens with one attached hydrogen (secondary N) is 1. The van der Waals surface area contributed by atoms with E-state index >= 15 is 0 Å². The standard InChI is InChI=1S/C16H28N2O2.ClH/c17-14-8-12-2-1-3-13(9-14)16(12)18-15(19)6-7-20-10-11-4-5-11;/h11-14,16H,1-10,17H2,(H,18,19);1H. The van der Waals surface area contributed by atoms with E-state index in [1.54, 1.807) is 0 Å². The Bertz CT molecular complexity index is 335. The summed E-state index contributed by atoms with van der Waals surface area (Å²) in [7, 11) is 0. The van der Waals surface area contributed by atoms with Gasteiger partial charge in [0, 0.05) is 25.1 Å². The highest BCUT2D eigenvalue weighted by atomic mass is 35.5. The Kier molecular flexibility index (Phi) is 6.33. The van der Waals surface area contributed by atoms with E-state index in [2.05, 4.69) is 5.32 Å². The third-order valence-electron chi connectivity index (χ3n) is 5.23. The molecule has 2 bridgehead atoms. The highest BCUT2D eigenvalue weighted by molar-refractivity contribution is 5.85. The lowest BCUT2D eigenvalue weighted by Gasteiger charge is -2.45. The number of hydrogen-bond acceptors (Lipinski definition) is 3. The molecule has 0 aromatic heterocycles. The van der Waals surface area contributed by atoms with Crippen molar-refractivity contribution in [1.29, 1.82) is 0 Å². The van der Waals surface area contributed by atoms with Crippen molar-refractivity contribution in [2.45, 2.75) is 63.5 Å². The summed E-state index contributed by atoms with van der Waals surface area (Å²) in [4.78, 5) is 12.1. The highest BCUT2D eigenvalue weighted by Crippen LogP contribution is 2.39. The molecule has 122 valence electrons. The molecule has 0 heterocycles. The van der Waals surface area contributed by atoms with Gasteiger partial charge in [0.05, 0.1) is 6.61 Å². The predicted octanol–water partition coefficient (Wildman–Crippen LogP) is 2.25. The van der Waals surface area contributed by atoms with E-state index in [4.69, 9.17) is 10.5 Å². The molecule has 0 spiro atoms. The van der Waals surface area contributed by atoms with E-state index in [1.807, 2.05) is 0 Å². The number of ether oxygens (including phenoxy) is 1. The SMILES string of the molecule is Cl.NC1CC2CCCC(C1)C2NC(=O)CCOCC1CC1. The van der Waals surface area contributed by atoms with E-state index < -0.39 is 0 Å². The summed E-state index contributed by atoms with van der Waals surface area (Å²) < 4.78 is 5.55. The third kappa shape index (κ3) is 4.83. The first-order chi connectivity index (χ1) is 9.72. The van der Waals surface area contributed by atoms with Gasteiger partial charge in [0.25, 0.3) is 0 Å². The molecule has 1 amide bonds. The first-order valence-corrected chi connectivity index (χ1v) is 8.35. The molecule has 3 rings (SSSR count). The molecule has 4 nitrogen and oxygen atoms in total. The molecular formula is C16H29ClN2O2. The van der Waals surface area contributed by atoms with Crippen molar-refractivity contribution in [2.24, 2.45) is 23.5 Å². The Hall–Kier alpha value is -0.320. The lowest BCUT2D eigenvalue weighted by molar-refractivity contribution is -0.124. The smallest absolute Gasteiger partial charge is 0.222 e. The van der Waals surface area contributed by atoms with Crippen molar-refractivity contribution in [3.8, 4) is 0 Å². The number of rotatable bonds is 6. The summed E-state index contributed by atoms with van der Waals surface area (Å²) >= 11 is 0. The van der Waals surface area contributed by atoms with Gasteiger partial charge >= 0.3 is 0 Å². The maximum absolute atomic E-state index is 12.1. The van der Waals surface area contributed by atoms with Gasteiger partial charge in [0.15, 0.2) is 0 Å². The number of nitrogens with two attached hydrogens (primary N) is 1. The van der Waals surface area contributed by atoms with Crippen molar-refractivity contribution in [3.63, 3.8) is 0 Å². The van der Waals surface area contributed by atoms with Gasteiger partial charge in [-0.3, -0.25) is 4.79 Å². The van der Waals surface area contributed by atoms with Crippen LogP contribution in [0.15, 0.2) is 0 Å². The van der Waals surface area contributed by atoms with E-state index in [0.29, 0.717) is 36.9 Å². The molecule has 5 heteroatoms. The van der Waals surface area contributed by atoms with E-state index in [-0.39, 0.29) is 18.3 Å². The van der Waals surface area contributed by atoms with Gasteiger partial charge in [-0.15, -0.1) is 12.4 Å². The summed E-state index contributed by atoms with van der Waals surface area (Å²) in [6.45, 7) is 1.42. The summed E-state index contributed by atoms with van der Waals surface area (Å²) in [5.41, 5.74) is 6.12. The van der Waals surface area contributed by atoms with E-state index in [9.17, 15) is 4.79 Å². The van der Waals surface area contributed by atoms with Crippen LogP contribution >= 0.6 is 12.4 Å². The summed E-state index contributed by atoms with van der Waals surface area (Å²) in [6, 6.07) is 0.722. The number of fused-ring (bicyclic) bond motifs is 2. The first-order valence-electron chi connectivity index (χ1n) is 8.35. The van der Waals surface area contributed by atoms with E-state index in [1.165, 1.54) is 32.1 Å². The van der Waals surface area contributed by atoms with Crippen molar-refractivity contribution >= 4 is 18.3 Å². The number of amides is 1. The Balaban J connectivity index is 0.00000161. The average Bonchev–Trinajstić information content (AvgIpc) is 3.20. The van der Waals surface area contributed by atoms with Crippen LogP contribution in [-0.2, 0) is 9.53 Å². The van der Waals surface area contributed by atoms with Crippen molar-refractivity contribution < 1.29 is 9.53 Å². The predicted molar refractivity (Wildman–Crippen MR) is 85.4 cm³/mol. The minimum Gasteiger partial charge on any atom is -0.381 e. The van der Waals surface area contributed by atoms with Crippen LogP contribution in [0.3, 0.4) is 0 Å². The molecule has 0 aromatic rings. The van der Waals surface area contributed by atoms with Crippen LogP contribution in [0, 0.1) is 17.8 Å². The van der Waals surface area contributed by atoms with Gasteiger partial charge in [0.1, 0.15) is 0 Å². The van der Waals surface area contributed by atoms with Gasteiger partial charge < -0.3 is 15.8 Å². The number of halogens is 1. The number of hydrogen-bond donors (Lipinski definition) is 2. The molecule has 2 atom stereocenters. The second kappa shape index (κ2) is 7.80. The zero-order valence-electron chi connectivity index (χ0n) is 12.8. The first kappa shape index (κ1) is 17.0. The van der Waals surface area contributed by atoms with Crippen LogP contribution in [0.2, 0.25) is 0 Å². The fourth-order valence-electron chi connectivity index (χ4n) is 3.98. The molecule has 3 N–H and O–H groups in total. The molecule has 3 saturated carbocycles. The molecule has 3 fully saturated rings. The van der Waals surface area contributed by atoms with Gasteiger partial charge in [-0.2, -0.15) is 0 Å². The van der Waals surface area contributed by atoms with Gasteiger partial charge in [-0.1, -0.05) is 6.42 Å². The molecular weight excluding hydrogens is 288 g/mol. The largest absolute Gasteiger partial charge is 0.381 e. The second-order valence-corrected chi connectivity index (χ2v) is 7.04. The van der Waals surface area contributed by atoms with Gasteiger partial charge in [-0.05, 0) is 56.3 Å². The van der Waals surface area contributed by atoms with Crippen molar-refractivity contribution in [3.05, 3.63) is 0 Å². The maximum atomic E-state index is 12.1. The van der Waals surface area contributed by atoms with Crippen LogP contribution in [0.1, 0.15) is 51.4 Å². The molecule has 2 unspecified atom stereocenters. The maximum Gasteiger partial charge on any atom is 0.222 e. The average molecular weight is 317 g/mol. The van der Waals surface area contributed by atoms with Crippen molar-refractivity contribution in [1.82, 2.24) is 5.32 Å². The van der Waals surface area contributed by atoms with Crippen LogP contribution in [0.25, 0.3) is 0 Å². The lowest BCUT2D eigenvalue weighted by atomic mass is 9.67. The van der Waals surface area contributed by atoms with Gasteiger partial charge in [-0.25, -0.2) is 0 Å². The quantitative estimate of drug-likeness (QED) is 0.739. The molecule has 0 aromatic carbocycles.